The van der Waals surface area contributed by atoms with Gasteiger partial charge in [-0.05, 0) is 99.3 Å². The molecule has 1 aliphatic heterocycles. The number of fused-ring (bicyclic) bond motifs is 1. The van der Waals surface area contributed by atoms with Crippen LogP contribution in [0.2, 0.25) is 0 Å². The highest BCUT2D eigenvalue weighted by Gasteiger charge is 2.28. The molecule has 0 aliphatic carbocycles. The Morgan fingerprint density at radius 1 is 1.00 bits per heavy atom. The summed E-state index contributed by atoms with van der Waals surface area (Å²) in [5, 5.41) is 1.22. The van der Waals surface area contributed by atoms with E-state index >= 15 is 0 Å². The molecule has 1 aromatic heterocycles. The van der Waals surface area contributed by atoms with Gasteiger partial charge in [0.15, 0.2) is 0 Å². The molecule has 172 valence electrons. The van der Waals surface area contributed by atoms with Crippen molar-refractivity contribution in [2.75, 3.05) is 19.6 Å². The number of likely N-dealkylation sites (tertiary alicyclic amines) is 1. The van der Waals surface area contributed by atoms with E-state index in [9.17, 15) is 8.78 Å². The maximum Gasteiger partial charge on any atom is 0.125 e. The average Bonchev–Trinajstić information content (AvgIpc) is 3.05. The van der Waals surface area contributed by atoms with Gasteiger partial charge >= 0.3 is 0 Å². The normalized spacial score (nSPS) is 16.2. The third kappa shape index (κ3) is 5.04. The fourth-order valence-corrected chi connectivity index (χ4v) is 6.22. The molecule has 0 unspecified atom stereocenters. The Kier molecular flexibility index (Phi) is 6.97. The first-order valence-electron chi connectivity index (χ1n) is 11.7. The quantitative estimate of drug-likeness (QED) is 0.349. The number of nitrogens with zero attached hydrogens (tertiary/aromatic N) is 2. The molecular formula is C27H34F2N2S. The maximum atomic E-state index is 13.9. The van der Waals surface area contributed by atoms with Gasteiger partial charge in [0.05, 0.1) is 5.52 Å². The van der Waals surface area contributed by atoms with Gasteiger partial charge in [-0.15, -0.1) is 11.8 Å². The number of benzene rings is 2. The van der Waals surface area contributed by atoms with Gasteiger partial charge in [-0.3, -0.25) is 0 Å². The summed E-state index contributed by atoms with van der Waals surface area (Å²) in [4.78, 5) is 3.70. The summed E-state index contributed by atoms with van der Waals surface area (Å²) in [6, 6.07) is 12.1. The number of thioether (sulfide) groups is 1. The number of aromatic nitrogens is 1. The molecule has 0 amide bonds. The van der Waals surface area contributed by atoms with Gasteiger partial charge in [-0.2, -0.15) is 0 Å². The van der Waals surface area contributed by atoms with Crippen LogP contribution in [0, 0.1) is 11.6 Å². The van der Waals surface area contributed by atoms with Crippen LogP contribution in [0.3, 0.4) is 0 Å². The molecule has 2 nitrogen and oxygen atoms in total. The van der Waals surface area contributed by atoms with Gasteiger partial charge in [0.25, 0.3) is 0 Å². The van der Waals surface area contributed by atoms with Crippen molar-refractivity contribution in [3.63, 3.8) is 0 Å². The summed E-state index contributed by atoms with van der Waals surface area (Å²) in [7, 11) is 2.07. The first-order chi connectivity index (χ1) is 15.3. The van der Waals surface area contributed by atoms with Crippen LogP contribution in [0.25, 0.3) is 10.9 Å². The second-order valence-electron chi connectivity index (χ2n) is 9.62. The van der Waals surface area contributed by atoms with Gasteiger partial charge in [0.1, 0.15) is 11.6 Å². The van der Waals surface area contributed by atoms with Gasteiger partial charge < -0.3 is 9.47 Å². The second-order valence-corrected chi connectivity index (χ2v) is 11.4. The van der Waals surface area contributed by atoms with Crippen LogP contribution < -0.4 is 0 Å². The molecule has 0 atom stereocenters. The largest absolute Gasteiger partial charge is 0.347 e. The molecule has 5 heteroatoms. The number of hydrogen-bond acceptors (Lipinski definition) is 2. The van der Waals surface area contributed by atoms with E-state index in [0.29, 0.717) is 5.92 Å². The topological polar surface area (TPSA) is 8.17 Å². The molecule has 4 rings (SSSR count). The molecule has 1 aliphatic rings. The number of halogens is 2. The summed E-state index contributed by atoms with van der Waals surface area (Å²) in [5.41, 5.74) is 3.80. The van der Waals surface area contributed by atoms with Crippen molar-refractivity contribution >= 4 is 22.7 Å². The summed E-state index contributed by atoms with van der Waals surface area (Å²) in [6.07, 6.45) is 4.36. The van der Waals surface area contributed by atoms with E-state index in [1.807, 2.05) is 30.0 Å². The lowest BCUT2D eigenvalue weighted by Crippen LogP contribution is -2.36. The van der Waals surface area contributed by atoms with Crippen molar-refractivity contribution in [1.29, 1.82) is 0 Å². The van der Waals surface area contributed by atoms with Crippen molar-refractivity contribution in [2.45, 2.75) is 62.0 Å². The van der Waals surface area contributed by atoms with Crippen LogP contribution in [0.1, 0.15) is 57.2 Å². The Hall–Kier alpha value is -1.85. The van der Waals surface area contributed by atoms with E-state index in [1.54, 1.807) is 12.1 Å². The minimum absolute atomic E-state index is 0.101. The third-order valence-electron chi connectivity index (χ3n) is 6.90. The van der Waals surface area contributed by atoms with Gasteiger partial charge in [0.2, 0.25) is 0 Å². The predicted molar refractivity (Wildman–Crippen MR) is 132 cm³/mol. The smallest absolute Gasteiger partial charge is 0.125 e. The molecule has 2 heterocycles. The highest BCUT2D eigenvalue weighted by Crippen LogP contribution is 2.39. The molecule has 0 N–H and O–H groups in total. The van der Waals surface area contributed by atoms with E-state index in [1.165, 1.54) is 28.8 Å². The Labute approximate surface area is 195 Å². The zero-order valence-corrected chi connectivity index (χ0v) is 20.4. The van der Waals surface area contributed by atoms with Gasteiger partial charge in [-0.1, -0.05) is 20.8 Å². The van der Waals surface area contributed by atoms with E-state index in [-0.39, 0.29) is 16.4 Å². The number of hydrogen-bond donors (Lipinski definition) is 0. The van der Waals surface area contributed by atoms with Crippen molar-refractivity contribution in [1.82, 2.24) is 9.47 Å². The van der Waals surface area contributed by atoms with Crippen LogP contribution in [0.15, 0.2) is 47.4 Å². The summed E-state index contributed by atoms with van der Waals surface area (Å²) in [5.74, 6) is 0.192. The fraction of sp³-hybridized carbons (Fsp3) is 0.481. The Morgan fingerprint density at radius 3 is 2.31 bits per heavy atom. The first kappa shape index (κ1) is 23.3. The number of rotatable bonds is 7. The van der Waals surface area contributed by atoms with Crippen LogP contribution >= 0.6 is 11.8 Å². The van der Waals surface area contributed by atoms with Gasteiger partial charge in [-0.25, -0.2) is 8.78 Å². The van der Waals surface area contributed by atoms with Crippen LogP contribution in [0.4, 0.5) is 8.78 Å². The van der Waals surface area contributed by atoms with E-state index in [2.05, 4.69) is 37.3 Å². The Morgan fingerprint density at radius 2 is 1.66 bits per heavy atom. The SMILES string of the molecule is CCc1c(C2CCN(CCC(C)(C)Sc3ccc(F)cc3)CC2)c2ccc(F)cc2n1C. The number of piperidine rings is 1. The minimum Gasteiger partial charge on any atom is -0.347 e. The molecular weight excluding hydrogens is 422 g/mol. The van der Waals surface area contributed by atoms with Crippen LogP contribution in [-0.2, 0) is 13.5 Å². The third-order valence-corrected chi connectivity index (χ3v) is 8.16. The molecule has 2 aromatic carbocycles. The Bertz CT molecular complexity index is 1060. The van der Waals surface area contributed by atoms with Crippen molar-refractivity contribution in [2.24, 2.45) is 7.05 Å². The van der Waals surface area contributed by atoms with Crippen molar-refractivity contribution < 1.29 is 8.78 Å². The minimum atomic E-state index is -0.183. The molecule has 3 aromatic rings. The monoisotopic (exact) mass is 456 g/mol. The van der Waals surface area contributed by atoms with E-state index < -0.39 is 0 Å². The van der Waals surface area contributed by atoms with E-state index in [0.717, 1.165) is 55.7 Å². The number of aryl methyl sites for hydroxylation is 1. The van der Waals surface area contributed by atoms with Crippen molar-refractivity contribution in [3.8, 4) is 0 Å². The summed E-state index contributed by atoms with van der Waals surface area (Å²) < 4.78 is 29.3. The highest BCUT2D eigenvalue weighted by atomic mass is 32.2. The maximum absolute atomic E-state index is 13.9. The van der Waals surface area contributed by atoms with Crippen molar-refractivity contribution in [3.05, 3.63) is 65.4 Å². The molecule has 0 radical (unpaired) electrons. The molecule has 0 bridgehead atoms. The lowest BCUT2D eigenvalue weighted by atomic mass is 9.86. The lowest BCUT2D eigenvalue weighted by molar-refractivity contribution is 0.205. The molecule has 0 spiro atoms. The predicted octanol–water partition coefficient (Wildman–Crippen LogP) is 7.16. The lowest BCUT2D eigenvalue weighted by Gasteiger charge is -2.35. The van der Waals surface area contributed by atoms with Crippen LogP contribution in [-0.4, -0.2) is 33.8 Å². The zero-order valence-electron chi connectivity index (χ0n) is 19.6. The Balaban J connectivity index is 1.38. The highest BCUT2D eigenvalue weighted by molar-refractivity contribution is 8.00. The van der Waals surface area contributed by atoms with Gasteiger partial charge in [0, 0.05) is 27.8 Å². The standard InChI is InChI=1S/C27H34F2N2S/c1-5-24-26(23-11-8-21(29)18-25(23)30(24)4)19-12-15-31(16-13-19)17-14-27(2,3)32-22-9-6-20(28)7-10-22/h6-11,18-19H,5,12-17H2,1-4H3. The first-order valence-corrected chi connectivity index (χ1v) is 12.5. The summed E-state index contributed by atoms with van der Waals surface area (Å²) in [6.45, 7) is 10.0. The average molecular weight is 457 g/mol. The molecule has 1 fully saturated rings. The molecule has 0 saturated carbocycles. The second kappa shape index (κ2) is 9.56. The molecule has 32 heavy (non-hydrogen) atoms. The summed E-state index contributed by atoms with van der Waals surface area (Å²) >= 11 is 1.82. The zero-order chi connectivity index (χ0) is 22.9. The van der Waals surface area contributed by atoms with Crippen LogP contribution in [0.5, 0.6) is 0 Å². The molecule has 1 saturated heterocycles. The van der Waals surface area contributed by atoms with E-state index in [4.69, 9.17) is 0 Å². The fourth-order valence-electron chi connectivity index (χ4n) is 5.12.